The fourth-order valence-corrected chi connectivity index (χ4v) is 5.90. The molecule has 1 aromatic carbocycles. The Kier molecular flexibility index (Phi) is 6.99. The number of amides is 2. The van der Waals surface area contributed by atoms with Crippen molar-refractivity contribution in [2.45, 2.75) is 52.6 Å². The molecule has 3 fully saturated rings. The Hall–Kier alpha value is -2.82. The van der Waals surface area contributed by atoms with Crippen molar-refractivity contribution >= 4 is 23.2 Å². The number of nitrogens with one attached hydrogen (secondary N) is 2. The number of benzene rings is 1. The molecule has 4 atom stereocenters. The second-order valence-electron chi connectivity index (χ2n) is 9.75. The maximum absolute atomic E-state index is 12.7. The van der Waals surface area contributed by atoms with Gasteiger partial charge in [-0.05, 0) is 60.3 Å². The van der Waals surface area contributed by atoms with E-state index < -0.39 is 12.3 Å². The van der Waals surface area contributed by atoms with Crippen molar-refractivity contribution in [3.63, 3.8) is 0 Å². The number of hydrogen-bond donors (Lipinski definition) is 2. The van der Waals surface area contributed by atoms with Gasteiger partial charge in [-0.3, -0.25) is 9.59 Å². The first-order chi connectivity index (χ1) is 16.4. The van der Waals surface area contributed by atoms with Gasteiger partial charge in [0.1, 0.15) is 22.2 Å². The molecule has 3 aliphatic carbocycles. The Labute approximate surface area is 205 Å². The SMILES string of the molecule is C[C@H]1[C@H]2C[C@H](C[C@H]1NC(=O)c1csc(CNC(=O)COc3ccc(OC(F)(F)F)cc3)n1)C2(C)C. The van der Waals surface area contributed by atoms with Crippen LogP contribution in [0.2, 0.25) is 0 Å². The third-order valence-corrected chi connectivity index (χ3v) is 8.17. The summed E-state index contributed by atoms with van der Waals surface area (Å²) in [7, 11) is 0. The number of hydrogen-bond acceptors (Lipinski definition) is 6. The zero-order valence-corrected chi connectivity index (χ0v) is 20.5. The van der Waals surface area contributed by atoms with Gasteiger partial charge in [0.2, 0.25) is 0 Å². The number of aromatic nitrogens is 1. The molecule has 0 unspecified atom stereocenters. The minimum Gasteiger partial charge on any atom is -0.484 e. The summed E-state index contributed by atoms with van der Waals surface area (Å²) in [6, 6.07) is 4.90. The number of fused-ring (bicyclic) bond motifs is 2. The average molecular weight is 512 g/mol. The van der Waals surface area contributed by atoms with Crippen molar-refractivity contribution in [2.75, 3.05) is 6.61 Å². The number of rotatable bonds is 8. The quantitative estimate of drug-likeness (QED) is 0.543. The molecule has 0 aliphatic heterocycles. The Morgan fingerprint density at radius 1 is 1.17 bits per heavy atom. The fraction of sp³-hybridized carbons (Fsp3) is 0.542. The first-order valence-electron chi connectivity index (χ1n) is 11.4. The van der Waals surface area contributed by atoms with Gasteiger partial charge < -0.3 is 20.1 Å². The molecule has 7 nitrogen and oxygen atoms in total. The molecule has 5 rings (SSSR count). The molecule has 2 amide bonds. The molecule has 0 radical (unpaired) electrons. The van der Waals surface area contributed by atoms with Crippen molar-refractivity contribution < 1.29 is 32.2 Å². The number of thiazole rings is 1. The van der Waals surface area contributed by atoms with Crippen LogP contribution in [-0.4, -0.2) is 35.8 Å². The molecule has 2 N–H and O–H groups in total. The van der Waals surface area contributed by atoms with E-state index in [1.165, 1.54) is 29.9 Å². The maximum atomic E-state index is 12.7. The highest BCUT2D eigenvalue weighted by molar-refractivity contribution is 7.09. The number of ether oxygens (including phenoxy) is 2. The van der Waals surface area contributed by atoms with Crippen LogP contribution in [0.4, 0.5) is 13.2 Å². The van der Waals surface area contributed by atoms with Crippen LogP contribution in [0.1, 0.15) is 49.1 Å². The minimum absolute atomic E-state index is 0.136. The first-order valence-corrected chi connectivity index (χ1v) is 12.3. The molecular weight excluding hydrogens is 483 g/mol. The summed E-state index contributed by atoms with van der Waals surface area (Å²) in [5.74, 6) is 0.905. The lowest BCUT2D eigenvalue weighted by Crippen LogP contribution is -2.60. The fourth-order valence-electron chi connectivity index (χ4n) is 5.19. The molecule has 35 heavy (non-hydrogen) atoms. The van der Waals surface area contributed by atoms with E-state index in [9.17, 15) is 22.8 Å². The lowest BCUT2D eigenvalue weighted by molar-refractivity contribution is -0.274. The molecule has 190 valence electrons. The summed E-state index contributed by atoms with van der Waals surface area (Å²) in [6.45, 7) is 6.65. The summed E-state index contributed by atoms with van der Waals surface area (Å²) in [4.78, 5) is 29.1. The largest absolute Gasteiger partial charge is 0.573 e. The highest BCUT2D eigenvalue weighted by Gasteiger charge is 2.56. The molecule has 1 heterocycles. The second kappa shape index (κ2) is 9.67. The number of carbonyl (C=O) groups is 2. The first kappa shape index (κ1) is 25.3. The zero-order valence-electron chi connectivity index (χ0n) is 19.6. The summed E-state index contributed by atoms with van der Waals surface area (Å²) in [6.07, 6.45) is -2.55. The molecule has 0 spiro atoms. The molecule has 2 bridgehead atoms. The predicted octanol–water partition coefficient (Wildman–Crippen LogP) is 4.54. The van der Waals surface area contributed by atoms with Crippen LogP contribution in [0.25, 0.3) is 0 Å². The van der Waals surface area contributed by atoms with Crippen LogP contribution in [-0.2, 0) is 11.3 Å². The van der Waals surface area contributed by atoms with E-state index in [0.29, 0.717) is 33.9 Å². The summed E-state index contributed by atoms with van der Waals surface area (Å²) < 4.78 is 45.6. The number of carbonyl (C=O) groups excluding carboxylic acids is 2. The van der Waals surface area contributed by atoms with Crippen molar-refractivity contribution in [1.29, 1.82) is 0 Å². The standard InChI is InChI=1S/C24H28F3N3O4S/c1-13-17-8-14(23(17,2)3)9-18(13)30-22(32)19-12-35-21(29-19)10-28-20(31)11-33-15-4-6-16(7-5-15)34-24(25,26)27/h4-7,12-14,17-18H,8-11H2,1-3H3,(H,28,31)(H,30,32)/t13-,14+,17+,18+/m0/s1. The minimum atomic E-state index is -4.77. The van der Waals surface area contributed by atoms with Gasteiger partial charge in [-0.2, -0.15) is 0 Å². The van der Waals surface area contributed by atoms with Crippen LogP contribution in [0.3, 0.4) is 0 Å². The average Bonchev–Trinajstić information content (AvgIpc) is 3.26. The molecule has 0 saturated heterocycles. The summed E-state index contributed by atoms with van der Waals surface area (Å²) in [5, 5.41) is 8.05. The van der Waals surface area contributed by atoms with Gasteiger partial charge in [0, 0.05) is 11.4 Å². The van der Waals surface area contributed by atoms with Crippen LogP contribution in [0, 0.1) is 23.2 Å². The number of nitrogens with zero attached hydrogens (tertiary/aromatic N) is 1. The van der Waals surface area contributed by atoms with Crippen LogP contribution in [0.5, 0.6) is 11.5 Å². The van der Waals surface area contributed by atoms with E-state index in [-0.39, 0.29) is 36.6 Å². The van der Waals surface area contributed by atoms with E-state index in [0.717, 1.165) is 18.6 Å². The monoisotopic (exact) mass is 511 g/mol. The van der Waals surface area contributed by atoms with Gasteiger partial charge >= 0.3 is 6.36 Å². The summed E-state index contributed by atoms with van der Waals surface area (Å²) in [5.41, 5.74) is 0.684. The van der Waals surface area contributed by atoms with Crippen molar-refractivity contribution in [3.8, 4) is 11.5 Å². The number of halogens is 3. The third-order valence-electron chi connectivity index (χ3n) is 7.32. The van der Waals surface area contributed by atoms with Crippen molar-refractivity contribution in [1.82, 2.24) is 15.6 Å². The highest BCUT2D eigenvalue weighted by atomic mass is 32.1. The van der Waals surface area contributed by atoms with Crippen LogP contribution in [0.15, 0.2) is 29.6 Å². The zero-order chi connectivity index (χ0) is 25.4. The van der Waals surface area contributed by atoms with Crippen LogP contribution < -0.4 is 20.1 Å². The topological polar surface area (TPSA) is 89.6 Å². The van der Waals surface area contributed by atoms with Crippen molar-refractivity contribution in [2.24, 2.45) is 23.2 Å². The van der Waals surface area contributed by atoms with Gasteiger partial charge in [0.25, 0.3) is 11.8 Å². The third kappa shape index (κ3) is 5.88. The van der Waals surface area contributed by atoms with E-state index in [1.54, 1.807) is 5.38 Å². The molecular formula is C24H28F3N3O4S. The molecule has 2 aromatic rings. The van der Waals surface area contributed by atoms with Gasteiger partial charge in [0.05, 0.1) is 6.54 Å². The van der Waals surface area contributed by atoms with Gasteiger partial charge in [-0.1, -0.05) is 20.8 Å². The Morgan fingerprint density at radius 3 is 2.49 bits per heavy atom. The van der Waals surface area contributed by atoms with Crippen molar-refractivity contribution in [3.05, 3.63) is 40.3 Å². The van der Waals surface area contributed by atoms with Gasteiger partial charge in [0.15, 0.2) is 6.61 Å². The second-order valence-corrected chi connectivity index (χ2v) is 10.7. The Morgan fingerprint density at radius 2 is 1.86 bits per heavy atom. The maximum Gasteiger partial charge on any atom is 0.573 e. The molecule has 3 saturated carbocycles. The van der Waals surface area contributed by atoms with Gasteiger partial charge in [-0.15, -0.1) is 24.5 Å². The molecule has 1 aromatic heterocycles. The van der Waals surface area contributed by atoms with Crippen LogP contribution >= 0.6 is 11.3 Å². The van der Waals surface area contributed by atoms with E-state index >= 15 is 0 Å². The number of alkyl halides is 3. The lowest BCUT2D eigenvalue weighted by Gasteiger charge is -2.62. The molecule has 11 heteroatoms. The van der Waals surface area contributed by atoms with E-state index in [1.807, 2.05) is 0 Å². The van der Waals surface area contributed by atoms with E-state index in [4.69, 9.17) is 4.74 Å². The molecule has 3 aliphatic rings. The predicted molar refractivity (Wildman–Crippen MR) is 123 cm³/mol. The highest BCUT2D eigenvalue weighted by Crippen LogP contribution is 2.61. The smallest absolute Gasteiger partial charge is 0.484 e. The lowest BCUT2D eigenvalue weighted by atomic mass is 9.45. The summed E-state index contributed by atoms with van der Waals surface area (Å²) >= 11 is 1.28. The Bertz CT molecular complexity index is 1070. The normalized spacial score (nSPS) is 24.7. The Balaban J connectivity index is 1.20. The van der Waals surface area contributed by atoms with E-state index in [2.05, 4.69) is 41.1 Å². The van der Waals surface area contributed by atoms with Gasteiger partial charge in [-0.25, -0.2) is 4.98 Å².